The molecule has 47 heavy (non-hydrogen) atoms. The van der Waals surface area contributed by atoms with Crippen LogP contribution in [0, 0.1) is 0 Å². The zero-order valence-corrected chi connectivity index (χ0v) is 27.6. The second-order valence-electron chi connectivity index (χ2n) is 12.5. The van der Waals surface area contributed by atoms with Crippen molar-refractivity contribution in [3.05, 3.63) is 108 Å². The molecule has 10 heteroatoms. The standard InChI is InChI=1S/C37H47NO9/c1-37(2,3)47-36(41)38-29(35(40)42-4)20-21-30-32(39)34(45-24-28-18-12-7-13-19-28)33(44-23-27-16-10-6-11-17-27)31(46-30)25-43-22-26-14-8-5-9-15-26/h5-19,29-34,39H,20-25H2,1-4H3,(H,38,41)/t29-,30-,31+,32-,33+,34+/m0/s1. The van der Waals surface area contributed by atoms with Gasteiger partial charge in [-0.05, 0) is 50.3 Å². The molecule has 1 saturated heterocycles. The number of rotatable bonds is 15. The minimum absolute atomic E-state index is 0.117. The maximum absolute atomic E-state index is 12.6. The van der Waals surface area contributed by atoms with Crippen molar-refractivity contribution >= 4 is 12.1 Å². The number of aliphatic hydroxyl groups is 1. The van der Waals surface area contributed by atoms with E-state index in [2.05, 4.69) is 5.32 Å². The van der Waals surface area contributed by atoms with E-state index in [0.29, 0.717) is 6.61 Å². The van der Waals surface area contributed by atoms with E-state index in [0.717, 1.165) is 16.7 Å². The van der Waals surface area contributed by atoms with Gasteiger partial charge in [-0.15, -0.1) is 0 Å². The van der Waals surface area contributed by atoms with E-state index in [-0.39, 0.29) is 32.7 Å². The molecule has 0 saturated carbocycles. The predicted octanol–water partition coefficient (Wildman–Crippen LogP) is 5.35. The molecule has 6 atom stereocenters. The molecule has 1 fully saturated rings. The van der Waals surface area contributed by atoms with Gasteiger partial charge in [0, 0.05) is 0 Å². The van der Waals surface area contributed by atoms with Gasteiger partial charge in [0.05, 0.1) is 39.6 Å². The molecule has 0 unspecified atom stereocenters. The number of esters is 1. The third kappa shape index (κ3) is 11.7. The van der Waals surface area contributed by atoms with Crippen molar-refractivity contribution in [3.63, 3.8) is 0 Å². The van der Waals surface area contributed by atoms with Crippen LogP contribution in [0.3, 0.4) is 0 Å². The molecule has 0 aromatic heterocycles. The van der Waals surface area contributed by atoms with Gasteiger partial charge in [-0.25, -0.2) is 9.59 Å². The fourth-order valence-electron chi connectivity index (χ4n) is 5.34. The Hall–Kier alpha value is -3.80. The number of amides is 1. The molecule has 1 heterocycles. The highest BCUT2D eigenvalue weighted by Gasteiger charge is 2.47. The predicted molar refractivity (Wildman–Crippen MR) is 175 cm³/mol. The largest absolute Gasteiger partial charge is 0.467 e. The van der Waals surface area contributed by atoms with Crippen molar-refractivity contribution in [1.29, 1.82) is 0 Å². The van der Waals surface area contributed by atoms with Gasteiger partial charge in [0.25, 0.3) is 0 Å². The number of hydrogen-bond donors (Lipinski definition) is 2. The summed E-state index contributed by atoms with van der Waals surface area (Å²) in [6, 6.07) is 28.2. The maximum Gasteiger partial charge on any atom is 0.408 e. The van der Waals surface area contributed by atoms with Gasteiger partial charge >= 0.3 is 12.1 Å². The molecule has 3 aromatic rings. The van der Waals surface area contributed by atoms with Crippen LogP contribution in [0.2, 0.25) is 0 Å². The lowest BCUT2D eigenvalue weighted by Crippen LogP contribution is -2.60. The van der Waals surface area contributed by atoms with Crippen LogP contribution in [0.1, 0.15) is 50.3 Å². The first-order chi connectivity index (χ1) is 22.6. The highest BCUT2D eigenvalue weighted by atomic mass is 16.6. The van der Waals surface area contributed by atoms with Gasteiger partial charge in [0.15, 0.2) is 0 Å². The molecular formula is C37H47NO9. The summed E-state index contributed by atoms with van der Waals surface area (Å²) in [5.41, 5.74) is 2.16. The first kappa shape index (κ1) is 36.0. The molecule has 1 amide bonds. The van der Waals surface area contributed by atoms with Crippen LogP contribution in [-0.4, -0.2) is 73.0 Å². The molecule has 1 aliphatic rings. The smallest absolute Gasteiger partial charge is 0.408 e. The summed E-state index contributed by atoms with van der Waals surface area (Å²) in [7, 11) is 1.25. The van der Waals surface area contributed by atoms with Crippen molar-refractivity contribution < 1.29 is 43.1 Å². The Morgan fingerprint density at radius 3 is 1.81 bits per heavy atom. The lowest BCUT2D eigenvalue weighted by atomic mass is 9.91. The monoisotopic (exact) mass is 649 g/mol. The van der Waals surface area contributed by atoms with E-state index >= 15 is 0 Å². The van der Waals surface area contributed by atoms with Crippen LogP contribution in [0.5, 0.6) is 0 Å². The first-order valence-electron chi connectivity index (χ1n) is 16.0. The topological polar surface area (TPSA) is 122 Å². The molecule has 2 N–H and O–H groups in total. The van der Waals surface area contributed by atoms with Crippen molar-refractivity contribution in [2.75, 3.05) is 13.7 Å². The molecule has 1 aliphatic heterocycles. The zero-order chi connectivity index (χ0) is 33.6. The minimum Gasteiger partial charge on any atom is -0.467 e. The van der Waals surface area contributed by atoms with Crippen LogP contribution >= 0.6 is 0 Å². The summed E-state index contributed by atoms with van der Waals surface area (Å²) >= 11 is 0. The number of benzene rings is 3. The summed E-state index contributed by atoms with van der Waals surface area (Å²) in [6.45, 7) is 6.24. The van der Waals surface area contributed by atoms with E-state index < -0.39 is 54.2 Å². The van der Waals surface area contributed by atoms with Gasteiger partial charge in [0.2, 0.25) is 0 Å². The van der Waals surface area contributed by atoms with Gasteiger partial charge < -0.3 is 38.8 Å². The Labute approximate surface area is 277 Å². The summed E-state index contributed by atoms with van der Waals surface area (Å²) in [5, 5.41) is 14.3. The highest BCUT2D eigenvalue weighted by molar-refractivity contribution is 5.81. The van der Waals surface area contributed by atoms with Crippen LogP contribution in [0.4, 0.5) is 4.79 Å². The molecule has 0 radical (unpaired) electrons. The average molecular weight is 650 g/mol. The fourth-order valence-corrected chi connectivity index (χ4v) is 5.34. The Kier molecular flexibility index (Phi) is 13.8. The second-order valence-corrected chi connectivity index (χ2v) is 12.5. The van der Waals surface area contributed by atoms with Gasteiger partial charge in [-0.1, -0.05) is 91.0 Å². The number of carbonyl (C=O) groups excluding carboxylic acids is 2. The van der Waals surface area contributed by atoms with Gasteiger partial charge in [-0.3, -0.25) is 0 Å². The number of nitrogens with one attached hydrogen (secondary N) is 1. The highest BCUT2D eigenvalue weighted by Crippen LogP contribution is 2.31. The molecule has 254 valence electrons. The second kappa shape index (κ2) is 17.9. The third-order valence-electron chi connectivity index (χ3n) is 7.64. The van der Waals surface area contributed by atoms with E-state index in [4.69, 9.17) is 28.4 Å². The van der Waals surface area contributed by atoms with E-state index in [9.17, 15) is 14.7 Å². The van der Waals surface area contributed by atoms with Crippen LogP contribution in [-0.2, 0) is 53.0 Å². The molecular weight excluding hydrogens is 602 g/mol. The molecule has 4 rings (SSSR count). The number of hydrogen-bond acceptors (Lipinski definition) is 9. The first-order valence-corrected chi connectivity index (χ1v) is 16.0. The van der Waals surface area contributed by atoms with Crippen molar-refractivity contribution in [2.24, 2.45) is 0 Å². The van der Waals surface area contributed by atoms with Crippen LogP contribution in [0.15, 0.2) is 91.0 Å². The van der Waals surface area contributed by atoms with E-state index in [1.807, 2.05) is 91.0 Å². The SMILES string of the molecule is COC(=O)[C@H](CC[C@@H]1O[C@H](COCc2ccccc2)[C@@H](OCc2ccccc2)[C@H](OCc2ccccc2)[C@H]1O)NC(=O)OC(C)(C)C. The molecule has 3 aromatic carbocycles. The Morgan fingerprint density at radius 2 is 1.30 bits per heavy atom. The normalized spacial score (nSPS) is 21.9. The van der Waals surface area contributed by atoms with Crippen molar-refractivity contribution in [1.82, 2.24) is 5.32 Å². The lowest BCUT2D eigenvalue weighted by Gasteiger charge is -2.45. The average Bonchev–Trinajstić information content (AvgIpc) is 3.06. The van der Waals surface area contributed by atoms with Crippen molar-refractivity contribution in [2.45, 2.75) is 95.6 Å². The maximum atomic E-state index is 12.6. The summed E-state index contributed by atoms with van der Waals surface area (Å²) in [6.07, 6.45) is -4.42. The quantitative estimate of drug-likeness (QED) is 0.210. The van der Waals surface area contributed by atoms with Gasteiger partial charge in [-0.2, -0.15) is 0 Å². The molecule has 0 spiro atoms. The van der Waals surface area contributed by atoms with E-state index in [1.165, 1.54) is 7.11 Å². The van der Waals surface area contributed by atoms with Crippen LogP contribution < -0.4 is 5.32 Å². The summed E-state index contributed by atoms with van der Waals surface area (Å²) in [5.74, 6) is -0.634. The molecule has 10 nitrogen and oxygen atoms in total. The summed E-state index contributed by atoms with van der Waals surface area (Å²) in [4.78, 5) is 25.2. The lowest BCUT2D eigenvalue weighted by molar-refractivity contribution is -0.262. The number of methoxy groups -OCH3 is 1. The number of aliphatic hydroxyl groups excluding tert-OH is 1. The summed E-state index contributed by atoms with van der Waals surface area (Å²) < 4.78 is 35.8. The third-order valence-corrected chi connectivity index (χ3v) is 7.64. The minimum atomic E-state index is -1.12. The number of ether oxygens (including phenoxy) is 6. The Bertz CT molecular complexity index is 1350. The Morgan fingerprint density at radius 1 is 0.787 bits per heavy atom. The number of alkyl carbamates (subject to hydrolysis) is 1. The zero-order valence-electron chi connectivity index (χ0n) is 27.6. The fraction of sp³-hybridized carbons (Fsp3) is 0.459. The molecule has 0 aliphatic carbocycles. The van der Waals surface area contributed by atoms with Crippen molar-refractivity contribution in [3.8, 4) is 0 Å². The molecule has 0 bridgehead atoms. The van der Waals surface area contributed by atoms with Gasteiger partial charge in [0.1, 0.15) is 36.1 Å². The van der Waals surface area contributed by atoms with E-state index in [1.54, 1.807) is 20.8 Å². The Balaban J connectivity index is 1.54. The van der Waals surface area contributed by atoms with Crippen LogP contribution in [0.25, 0.3) is 0 Å². The number of carbonyl (C=O) groups is 2.